The highest BCUT2D eigenvalue weighted by Gasteiger charge is 2.33. The van der Waals surface area contributed by atoms with E-state index in [0.717, 1.165) is 0 Å². The third-order valence-electron chi connectivity index (χ3n) is 2.11. The van der Waals surface area contributed by atoms with E-state index >= 15 is 0 Å². The zero-order valence-electron chi connectivity index (χ0n) is 9.44. The van der Waals surface area contributed by atoms with Gasteiger partial charge >= 0.3 is 6.01 Å². The number of hydrogen-bond donors (Lipinski definition) is 0. The SMILES string of the molecule is CC1(C)OCC(COc2nc(Cl)cc(Cl)n2)O1. The lowest BCUT2D eigenvalue weighted by Gasteiger charge is -2.16. The van der Waals surface area contributed by atoms with E-state index in [4.69, 9.17) is 37.4 Å². The van der Waals surface area contributed by atoms with Crippen LogP contribution in [0.2, 0.25) is 10.3 Å². The van der Waals surface area contributed by atoms with Gasteiger partial charge in [-0.2, -0.15) is 9.97 Å². The van der Waals surface area contributed by atoms with Crippen molar-refractivity contribution in [2.45, 2.75) is 25.7 Å². The van der Waals surface area contributed by atoms with Gasteiger partial charge < -0.3 is 14.2 Å². The van der Waals surface area contributed by atoms with Crippen LogP contribution < -0.4 is 4.74 Å². The molecular weight excluding hydrogens is 267 g/mol. The highest BCUT2D eigenvalue weighted by Crippen LogP contribution is 2.23. The molecule has 7 heteroatoms. The first-order chi connectivity index (χ1) is 7.94. The van der Waals surface area contributed by atoms with Gasteiger partial charge in [0.15, 0.2) is 5.79 Å². The Labute approximate surface area is 109 Å². The minimum absolute atomic E-state index is 0.135. The lowest BCUT2D eigenvalue weighted by molar-refractivity contribution is -0.141. The van der Waals surface area contributed by atoms with Gasteiger partial charge in [-0.1, -0.05) is 23.2 Å². The molecule has 1 atom stereocenters. The lowest BCUT2D eigenvalue weighted by Crippen LogP contribution is -2.25. The fourth-order valence-corrected chi connectivity index (χ4v) is 1.85. The fraction of sp³-hybridized carbons (Fsp3) is 0.600. The van der Waals surface area contributed by atoms with E-state index in [-0.39, 0.29) is 22.4 Å². The summed E-state index contributed by atoms with van der Waals surface area (Å²) in [6, 6.07) is 1.57. The van der Waals surface area contributed by atoms with Gasteiger partial charge in [0, 0.05) is 6.07 Å². The number of halogens is 2. The highest BCUT2D eigenvalue weighted by atomic mass is 35.5. The van der Waals surface area contributed by atoms with E-state index in [9.17, 15) is 0 Å². The molecule has 17 heavy (non-hydrogen) atoms. The average molecular weight is 279 g/mol. The van der Waals surface area contributed by atoms with Gasteiger partial charge in [0.25, 0.3) is 0 Å². The van der Waals surface area contributed by atoms with E-state index in [1.807, 2.05) is 13.8 Å². The molecule has 0 amide bonds. The van der Waals surface area contributed by atoms with Crippen molar-refractivity contribution in [3.05, 3.63) is 16.4 Å². The molecule has 1 aromatic rings. The molecule has 94 valence electrons. The summed E-state index contributed by atoms with van der Waals surface area (Å²) < 4.78 is 16.3. The van der Waals surface area contributed by atoms with Crippen LogP contribution in [0.15, 0.2) is 6.07 Å². The summed E-state index contributed by atoms with van der Waals surface area (Å²) in [4.78, 5) is 7.77. The van der Waals surface area contributed by atoms with Gasteiger partial charge in [0.05, 0.1) is 6.61 Å². The second-order valence-electron chi connectivity index (χ2n) is 4.06. The second-order valence-corrected chi connectivity index (χ2v) is 4.83. The van der Waals surface area contributed by atoms with Crippen LogP contribution >= 0.6 is 23.2 Å². The quantitative estimate of drug-likeness (QED) is 0.795. The molecule has 2 heterocycles. The minimum atomic E-state index is -0.569. The maximum atomic E-state index is 5.72. The Bertz CT molecular complexity index is 394. The molecule has 0 bridgehead atoms. The average Bonchev–Trinajstić information content (AvgIpc) is 2.54. The van der Waals surface area contributed by atoms with Gasteiger partial charge in [0.2, 0.25) is 0 Å². The molecular formula is C10H12Cl2N2O3. The summed E-state index contributed by atoms with van der Waals surface area (Å²) in [5.41, 5.74) is 0. The third kappa shape index (κ3) is 3.67. The Kier molecular flexibility index (Phi) is 3.73. The number of nitrogens with zero attached hydrogens (tertiary/aromatic N) is 2. The van der Waals surface area contributed by atoms with Gasteiger partial charge in [0.1, 0.15) is 23.0 Å². The van der Waals surface area contributed by atoms with E-state index in [1.165, 1.54) is 6.07 Å². The summed E-state index contributed by atoms with van der Waals surface area (Å²) in [7, 11) is 0. The zero-order valence-corrected chi connectivity index (χ0v) is 11.0. The van der Waals surface area contributed by atoms with Crippen LogP contribution in [-0.4, -0.2) is 35.1 Å². The summed E-state index contributed by atoms with van der Waals surface area (Å²) in [6.45, 7) is 4.46. The molecule has 0 spiro atoms. The summed E-state index contributed by atoms with van der Waals surface area (Å²) in [5, 5.41) is 0.479. The van der Waals surface area contributed by atoms with Gasteiger partial charge in [-0.25, -0.2) is 0 Å². The molecule has 2 rings (SSSR count). The molecule has 1 aromatic heterocycles. The topological polar surface area (TPSA) is 53.5 Å². The first-order valence-electron chi connectivity index (χ1n) is 5.09. The van der Waals surface area contributed by atoms with Crippen molar-refractivity contribution in [1.82, 2.24) is 9.97 Å². The van der Waals surface area contributed by atoms with Crippen LogP contribution in [0, 0.1) is 0 Å². The van der Waals surface area contributed by atoms with Crippen molar-refractivity contribution < 1.29 is 14.2 Å². The van der Waals surface area contributed by atoms with Crippen LogP contribution in [0.1, 0.15) is 13.8 Å². The van der Waals surface area contributed by atoms with Crippen LogP contribution in [0.25, 0.3) is 0 Å². The van der Waals surface area contributed by atoms with Crippen molar-refractivity contribution in [2.24, 2.45) is 0 Å². The first-order valence-corrected chi connectivity index (χ1v) is 5.85. The predicted octanol–water partition coefficient (Wildman–Crippen LogP) is 2.31. The molecule has 1 aliphatic rings. The lowest BCUT2D eigenvalue weighted by atomic mass is 10.4. The monoisotopic (exact) mass is 278 g/mol. The zero-order chi connectivity index (χ0) is 12.5. The summed E-state index contributed by atoms with van der Waals surface area (Å²) >= 11 is 11.4. The molecule has 5 nitrogen and oxygen atoms in total. The third-order valence-corrected chi connectivity index (χ3v) is 2.50. The van der Waals surface area contributed by atoms with Crippen LogP contribution in [0.5, 0.6) is 6.01 Å². The Hall–Kier alpha value is -0.620. The maximum Gasteiger partial charge on any atom is 0.319 e. The Morgan fingerprint density at radius 3 is 2.59 bits per heavy atom. The summed E-state index contributed by atoms with van der Waals surface area (Å²) in [5.74, 6) is -0.569. The predicted molar refractivity (Wildman–Crippen MR) is 62.5 cm³/mol. The number of aromatic nitrogens is 2. The molecule has 0 aromatic carbocycles. The van der Waals surface area contributed by atoms with E-state index in [1.54, 1.807) is 0 Å². The highest BCUT2D eigenvalue weighted by molar-refractivity contribution is 6.33. The largest absolute Gasteiger partial charge is 0.461 e. The molecule has 0 N–H and O–H groups in total. The number of rotatable bonds is 3. The first kappa shape index (κ1) is 12.8. The second kappa shape index (κ2) is 4.94. The van der Waals surface area contributed by atoms with Crippen LogP contribution in [0.3, 0.4) is 0 Å². The molecule has 0 saturated carbocycles. The normalized spacial score (nSPS) is 22.7. The van der Waals surface area contributed by atoms with Crippen molar-refractivity contribution in [3.63, 3.8) is 0 Å². The minimum Gasteiger partial charge on any atom is -0.461 e. The molecule has 0 radical (unpaired) electrons. The van der Waals surface area contributed by atoms with Gasteiger partial charge in [-0.05, 0) is 13.8 Å². The van der Waals surface area contributed by atoms with Crippen molar-refractivity contribution in [3.8, 4) is 6.01 Å². The van der Waals surface area contributed by atoms with E-state index in [0.29, 0.717) is 13.2 Å². The van der Waals surface area contributed by atoms with E-state index in [2.05, 4.69) is 9.97 Å². The molecule has 1 unspecified atom stereocenters. The number of hydrogen-bond acceptors (Lipinski definition) is 5. The fourth-order valence-electron chi connectivity index (χ4n) is 1.45. The molecule has 1 saturated heterocycles. The van der Waals surface area contributed by atoms with Crippen molar-refractivity contribution in [2.75, 3.05) is 13.2 Å². The Balaban J connectivity index is 1.90. The maximum absolute atomic E-state index is 5.72. The number of ether oxygens (including phenoxy) is 3. The Morgan fingerprint density at radius 2 is 2.06 bits per heavy atom. The van der Waals surface area contributed by atoms with E-state index < -0.39 is 5.79 Å². The van der Waals surface area contributed by atoms with Crippen LogP contribution in [-0.2, 0) is 9.47 Å². The Morgan fingerprint density at radius 1 is 1.41 bits per heavy atom. The van der Waals surface area contributed by atoms with Crippen molar-refractivity contribution >= 4 is 23.2 Å². The smallest absolute Gasteiger partial charge is 0.319 e. The summed E-state index contributed by atoms with van der Waals surface area (Å²) in [6.07, 6.45) is -0.147. The van der Waals surface area contributed by atoms with Gasteiger partial charge in [-0.15, -0.1) is 0 Å². The van der Waals surface area contributed by atoms with Gasteiger partial charge in [-0.3, -0.25) is 0 Å². The molecule has 1 fully saturated rings. The van der Waals surface area contributed by atoms with Crippen LogP contribution in [0.4, 0.5) is 0 Å². The molecule has 0 aliphatic carbocycles. The molecule has 1 aliphatic heterocycles. The standard InChI is InChI=1S/C10H12Cl2N2O3/c1-10(2)16-5-6(17-10)4-15-9-13-7(11)3-8(12)14-9/h3,6H,4-5H2,1-2H3. The van der Waals surface area contributed by atoms with Crippen molar-refractivity contribution in [1.29, 1.82) is 0 Å².